The zero-order chi connectivity index (χ0) is 8.85. The van der Waals surface area contributed by atoms with Crippen molar-refractivity contribution in [1.29, 1.82) is 0 Å². The molecular formula is C9H18O2. The van der Waals surface area contributed by atoms with E-state index in [-0.39, 0.29) is 5.92 Å². The molecule has 0 aromatic heterocycles. The number of carbonyl (C=O) groups is 1. The van der Waals surface area contributed by atoms with Crippen LogP contribution >= 0.6 is 0 Å². The number of hydrogen-bond acceptors (Lipinski definition) is 1. The van der Waals surface area contributed by atoms with Gasteiger partial charge in [0.2, 0.25) is 0 Å². The molecule has 0 aromatic rings. The first-order valence-corrected chi connectivity index (χ1v) is 4.26. The molecule has 2 nitrogen and oxygen atoms in total. The highest BCUT2D eigenvalue weighted by Crippen LogP contribution is 2.11. The van der Waals surface area contributed by atoms with Crippen LogP contribution in [0.2, 0.25) is 0 Å². The molecule has 0 rings (SSSR count). The molecule has 1 atom stereocenters. The molecule has 66 valence electrons. The first kappa shape index (κ1) is 10.5. The van der Waals surface area contributed by atoms with Crippen LogP contribution in [0.3, 0.4) is 0 Å². The quantitative estimate of drug-likeness (QED) is 0.667. The summed E-state index contributed by atoms with van der Waals surface area (Å²) >= 11 is 0. The van der Waals surface area contributed by atoms with Crippen molar-refractivity contribution in [1.82, 2.24) is 0 Å². The maximum atomic E-state index is 10.4. The van der Waals surface area contributed by atoms with Gasteiger partial charge >= 0.3 is 5.97 Å². The fraction of sp³-hybridized carbons (Fsp3) is 0.889. The third kappa shape index (κ3) is 5.89. The molecule has 0 spiro atoms. The van der Waals surface area contributed by atoms with Gasteiger partial charge in [-0.3, -0.25) is 4.79 Å². The summed E-state index contributed by atoms with van der Waals surface area (Å²) in [5.74, 6) is -0.154. The first-order valence-electron chi connectivity index (χ1n) is 4.26. The molecule has 0 radical (unpaired) electrons. The molecule has 0 aliphatic heterocycles. The highest BCUT2D eigenvalue weighted by atomic mass is 16.4. The molecule has 0 aromatic carbocycles. The highest BCUT2D eigenvalue weighted by molar-refractivity contribution is 5.69. The van der Waals surface area contributed by atoms with Crippen LogP contribution in [0.4, 0.5) is 0 Å². The van der Waals surface area contributed by atoms with Crippen LogP contribution in [0.5, 0.6) is 0 Å². The minimum atomic E-state index is -0.672. The van der Waals surface area contributed by atoms with Gasteiger partial charge in [0.1, 0.15) is 0 Å². The summed E-state index contributed by atoms with van der Waals surface area (Å²) in [4.78, 5) is 10.4. The van der Waals surface area contributed by atoms with E-state index in [4.69, 9.17) is 5.11 Å². The Balaban J connectivity index is 3.31. The number of hydrogen-bond donors (Lipinski definition) is 1. The van der Waals surface area contributed by atoms with Gasteiger partial charge in [-0.2, -0.15) is 0 Å². The molecule has 0 amide bonds. The topological polar surface area (TPSA) is 37.3 Å². The Kier molecular flexibility index (Phi) is 4.92. The molecule has 0 aliphatic carbocycles. The number of rotatable bonds is 5. The summed E-state index contributed by atoms with van der Waals surface area (Å²) in [7, 11) is 0. The number of carboxylic acid groups (broad SMARTS) is 1. The summed E-state index contributed by atoms with van der Waals surface area (Å²) in [6.45, 7) is 6.08. The van der Waals surface area contributed by atoms with Crippen molar-refractivity contribution in [2.75, 3.05) is 0 Å². The van der Waals surface area contributed by atoms with Crippen LogP contribution in [0, 0.1) is 11.8 Å². The van der Waals surface area contributed by atoms with E-state index in [1.165, 1.54) is 0 Å². The predicted molar refractivity (Wildman–Crippen MR) is 45.5 cm³/mol. The second kappa shape index (κ2) is 5.16. The van der Waals surface area contributed by atoms with Gasteiger partial charge in [-0.05, 0) is 12.3 Å². The van der Waals surface area contributed by atoms with Crippen LogP contribution in [-0.2, 0) is 4.79 Å². The Morgan fingerprint density at radius 2 is 1.82 bits per heavy atom. The normalized spacial score (nSPS) is 13.5. The summed E-state index contributed by atoms with van der Waals surface area (Å²) in [6.07, 6.45) is 2.98. The SMILES string of the molecule is CC(C)CCC[C@@H](C)C(=O)O. The van der Waals surface area contributed by atoms with E-state index >= 15 is 0 Å². The van der Waals surface area contributed by atoms with E-state index in [9.17, 15) is 4.79 Å². The Hall–Kier alpha value is -0.530. The number of carboxylic acids is 1. The van der Waals surface area contributed by atoms with E-state index < -0.39 is 5.97 Å². The second-order valence-corrected chi connectivity index (χ2v) is 3.56. The zero-order valence-electron chi connectivity index (χ0n) is 7.63. The lowest BCUT2D eigenvalue weighted by molar-refractivity contribution is -0.141. The van der Waals surface area contributed by atoms with Crippen LogP contribution in [0.25, 0.3) is 0 Å². The molecule has 1 N–H and O–H groups in total. The summed E-state index contributed by atoms with van der Waals surface area (Å²) < 4.78 is 0. The van der Waals surface area contributed by atoms with Crippen LogP contribution < -0.4 is 0 Å². The summed E-state index contributed by atoms with van der Waals surface area (Å²) in [5, 5.41) is 8.55. The van der Waals surface area contributed by atoms with Gasteiger partial charge < -0.3 is 5.11 Å². The van der Waals surface area contributed by atoms with E-state index in [0.29, 0.717) is 5.92 Å². The maximum Gasteiger partial charge on any atom is 0.306 e. The van der Waals surface area contributed by atoms with Gasteiger partial charge in [-0.25, -0.2) is 0 Å². The average Bonchev–Trinajstić information content (AvgIpc) is 1.86. The Morgan fingerprint density at radius 3 is 2.18 bits per heavy atom. The van der Waals surface area contributed by atoms with Crippen molar-refractivity contribution in [3.05, 3.63) is 0 Å². The monoisotopic (exact) mass is 158 g/mol. The van der Waals surface area contributed by atoms with Gasteiger partial charge in [0.25, 0.3) is 0 Å². The molecule has 0 saturated carbocycles. The first-order chi connectivity index (χ1) is 5.04. The lowest BCUT2D eigenvalue weighted by Gasteiger charge is -2.06. The van der Waals surface area contributed by atoms with Crippen LogP contribution in [0.1, 0.15) is 40.0 Å². The minimum absolute atomic E-state index is 0.172. The van der Waals surface area contributed by atoms with Crippen LogP contribution in [0.15, 0.2) is 0 Å². The van der Waals surface area contributed by atoms with Crippen molar-refractivity contribution in [2.45, 2.75) is 40.0 Å². The lowest BCUT2D eigenvalue weighted by Crippen LogP contribution is -2.09. The smallest absolute Gasteiger partial charge is 0.306 e. The largest absolute Gasteiger partial charge is 0.481 e. The average molecular weight is 158 g/mol. The van der Waals surface area contributed by atoms with Gasteiger partial charge in [-0.15, -0.1) is 0 Å². The third-order valence-corrected chi connectivity index (χ3v) is 1.84. The third-order valence-electron chi connectivity index (χ3n) is 1.84. The molecule has 2 heteroatoms. The summed E-state index contributed by atoms with van der Waals surface area (Å²) in [5.41, 5.74) is 0. The standard InChI is InChI=1S/C9H18O2/c1-7(2)5-4-6-8(3)9(10)11/h7-8H,4-6H2,1-3H3,(H,10,11)/t8-/m1/s1. The van der Waals surface area contributed by atoms with Gasteiger partial charge in [0, 0.05) is 0 Å². The Morgan fingerprint density at radius 1 is 1.27 bits per heavy atom. The van der Waals surface area contributed by atoms with Crippen LogP contribution in [-0.4, -0.2) is 11.1 Å². The predicted octanol–water partition coefficient (Wildman–Crippen LogP) is 2.53. The lowest BCUT2D eigenvalue weighted by atomic mass is 10.00. The molecule has 11 heavy (non-hydrogen) atoms. The summed E-state index contributed by atoms with van der Waals surface area (Å²) in [6, 6.07) is 0. The molecule has 0 heterocycles. The van der Waals surface area contributed by atoms with Crippen molar-refractivity contribution in [2.24, 2.45) is 11.8 Å². The number of aliphatic carboxylic acids is 1. The van der Waals surface area contributed by atoms with E-state index in [0.717, 1.165) is 19.3 Å². The molecule has 0 aliphatic rings. The highest BCUT2D eigenvalue weighted by Gasteiger charge is 2.09. The fourth-order valence-electron chi connectivity index (χ4n) is 0.956. The van der Waals surface area contributed by atoms with E-state index in [1.807, 2.05) is 0 Å². The van der Waals surface area contributed by atoms with Gasteiger partial charge in [0.05, 0.1) is 5.92 Å². The van der Waals surface area contributed by atoms with E-state index in [1.54, 1.807) is 6.92 Å². The molecule has 0 unspecified atom stereocenters. The minimum Gasteiger partial charge on any atom is -0.481 e. The Labute approximate surface area is 68.6 Å². The molecular weight excluding hydrogens is 140 g/mol. The van der Waals surface area contributed by atoms with Crippen molar-refractivity contribution in [3.63, 3.8) is 0 Å². The maximum absolute atomic E-state index is 10.4. The van der Waals surface area contributed by atoms with Crippen molar-refractivity contribution < 1.29 is 9.90 Å². The van der Waals surface area contributed by atoms with Crippen molar-refractivity contribution in [3.8, 4) is 0 Å². The second-order valence-electron chi connectivity index (χ2n) is 3.56. The Bertz CT molecular complexity index is 119. The molecule has 0 saturated heterocycles. The van der Waals surface area contributed by atoms with Gasteiger partial charge in [0.15, 0.2) is 0 Å². The fourth-order valence-corrected chi connectivity index (χ4v) is 0.956. The molecule has 0 bridgehead atoms. The van der Waals surface area contributed by atoms with E-state index in [2.05, 4.69) is 13.8 Å². The molecule has 0 fully saturated rings. The van der Waals surface area contributed by atoms with Gasteiger partial charge in [-0.1, -0.05) is 33.6 Å². The zero-order valence-corrected chi connectivity index (χ0v) is 7.63. The van der Waals surface area contributed by atoms with Crippen molar-refractivity contribution >= 4 is 5.97 Å².